The van der Waals surface area contributed by atoms with Crippen molar-refractivity contribution in [2.24, 2.45) is 5.14 Å². The third kappa shape index (κ3) is 33.7. The Morgan fingerprint density at radius 2 is 0.750 bits per heavy atom. The van der Waals surface area contributed by atoms with Gasteiger partial charge in [-0.15, -0.1) is 0 Å². The summed E-state index contributed by atoms with van der Waals surface area (Å²) in [6, 6.07) is 17.4. The molecular formula is C51H44Cl6F5N9O27S6. The average Bonchev–Trinajstić information content (AvgIpc) is 0.863. The highest BCUT2D eigenvalue weighted by Crippen LogP contribution is 2.37. The van der Waals surface area contributed by atoms with Crippen LogP contribution in [-0.2, 0) is 59.2 Å². The second-order valence-electron chi connectivity index (χ2n) is 18.7. The first-order chi connectivity index (χ1) is 46.7. The van der Waals surface area contributed by atoms with Crippen molar-refractivity contribution in [1.82, 2.24) is 14.2 Å². The number of amides is 3. The molecule has 7 aromatic rings. The highest BCUT2D eigenvalue weighted by molar-refractivity contribution is 8.13. The lowest BCUT2D eigenvalue weighted by Crippen LogP contribution is -2.29. The van der Waals surface area contributed by atoms with Crippen molar-refractivity contribution < 1.29 is 132 Å². The standard InChI is InChI=1S/C14H11Cl2FN2O6S2.C8H7FN2O5S.C8H9FN2O3S.C7H3ClFNO3.C7H4FNO4.C6H3Cl3O3S.CH5NO2S.H2O/c1-26(22,23)19-14(21)7-2-3-10(17)11(4-7)18-27(24,25)12-6-8(15)5-9(16)13(12)20;1-17(15,16)10-8(12)5-2-3-6(9)7(4-5)11(13)14;1-15(13,14)11-8(12)5-2-3-6(9)7(10)4-5;8-7(11)4-1-2-5(9)6(3-4)10(12)13;8-5-2-1-4(7(10)11)3-6(5)9(12)13;7-3-1-4(8)6(10)5(2-3)13(9,11)12;1-5(2,3)4;/h2-6,18,20H,1H3,(H,19,21);2-4H,1H3,(H,10,12);2-4H,10H2,1H3,(H,11,12);1-3H;1-3H,(H,10,11);1-2,10H;1H3,(H2,2,3,4);1H2. The summed E-state index contributed by atoms with van der Waals surface area (Å²) in [4.78, 5) is 82.0. The SMILES string of the molecule is CS(=O)(=O)NC(=O)c1ccc(F)c(N)c1.CS(=O)(=O)NC(=O)c1ccc(F)c(NS(=O)(=O)c2cc(Cl)cc(Cl)c2O)c1.CS(=O)(=O)NC(=O)c1ccc(F)c([N+](=O)[O-])c1.CS(N)(=O)=O.O.O=C(Cl)c1ccc(F)c([N+](=O)[O-])c1.O=C(O)c1ccc(F)c([N+](=O)[O-])c1.O=S(=O)(Cl)c1cc(Cl)cc(Cl)c1O. The lowest BCUT2D eigenvalue weighted by Gasteiger charge is -2.12. The van der Waals surface area contributed by atoms with Crippen LogP contribution in [0.25, 0.3) is 0 Å². The molecule has 0 saturated carbocycles. The second-order valence-corrected chi connectivity index (χ2v) is 31.9. The van der Waals surface area contributed by atoms with Crippen LogP contribution in [-0.4, -0.2) is 140 Å². The van der Waals surface area contributed by atoms with E-state index in [2.05, 4.69) is 5.14 Å². The van der Waals surface area contributed by atoms with E-state index in [4.69, 9.17) is 79.5 Å². The molecule has 0 radical (unpaired) electrons. The van der Waals surface area contributed by atoms with Gasteiger partial charge in [0.25, 0.3) is 42.0 Å². The number of rotatable bonds is 15. The van der Waals surface area contributed by atoms with Gasteiger partial charge in [-0.05, 0) is 109 Å². The molecule has 7 rings (SSSR count). The predicted octanol–water partition coefficient (Wildman–Crippen LogP) is 7.10. The second kappa shape index (κ2) is 39.4. The van der Waals surface area contributed by atoms with Gasteiger partial charge in [0.1, 0.15) is 21.4 Å². The summed E-state index contributed by atoms with van der Waals surface area (Å²) in [5, 5.41) is 61.2. The molecule has 0 fully saturated rings. The minimum Gasteiger partial charge on any atom is -0.505 e. The van der Waals surface area contributed by atoms with Crippen molar-refractivity contribution in [2.45, 2.75) is 9.79 Å². The number of nitro benzene ring substituents is 3. The van der Waals surface area contributed by atoms with Crippen LogP contribution >= 0.6 is 68.7 Å². The van der Waals surface area contributed by atoms with Gasteiger partial charge >= 0.3 is 23.0 Å². The molecule has 0 aliphatic heterocycles. The number of primary sulfonamides is 1. The summed E-state index contributed by atoms with van der Waals surface area (Å²) in [5.74, 6) is -10.6. The van der Waals surface area contributed by atoms with Crippen LogP contribution in [0.1, 0.15) is 51.8 Å². The normalized spacial score (nSPS) is 10.9. The van der Waals surface area contributed by atoms with Crippen LogP contribution in [0.2, 0.25) is 20.1 Å². The fourth-order valence-electron chi connectivity index (χ4n) is 6.14. The van der Waals surface area contributed by atoms with Gasteiger partial charge in [0, 0.05) is 61.2 Å². The molecule has 53 heteroatoms. The van der Waals surface area contributed by atoms with Crippen molar-refractivity contribution in [3.05, 3.63) is 223 Å². The van der Waals surface area contributed by atoms with Gasteiger partial charge in [-0.1, -0.05) is 46.4 Å². The molecule has 0 aromatic heterocycles. The molecule has 0 aliphatic carbocycles. The van der Waals surface area contributed by atoms with Crippen molar-refractivity contribution in [1.29, 1.82) is 0 Å². The topological polar surface area (TPSA) is 612 Å². The average molecular weight is 1720 g/mol. The first kappa shape index (κ1) is 94.5. The Labute approximate surface area is 611 Å². The highest BCUT2D eigenvalue weighted by Gasteiger charge is 2.26. The Hall–Kier alpha value is -9.50. The third-order valence-corrected chi connectivity index (χ3v) is 15.9. The van der Waals surface area contributed by atoms with Crippen molar-refractivity contribution >= 4 is 185 Å². The molecule has 0 saturated heterocycles. The minimum atomic E-state index is -4.55. The van der Waals surface area contributed by atoms with E-state index in [1.807, 2.05) is 4.72 Å². The van der Waals surface area contributed by atoms with Crippen molar-refractivity contribution in [3.8, 4) is 11.5 Å². The maximum absolute atomic E-state index is 14.0. The Kier molecular flexibility index (Phi) is 35.8. The summed E-state index contributed by atoms with van der Waals surface area (Å²) in [5.41, 5.74) is 0.786. The lowest BCUT2D eigenvalue weighted by molar-refractivity contribution is -0.387. The number of nitrogens with zero attached hydrogens (tertiary/aromatic N) is 3. The summed E-state index contributed by atoms with van der Waals surface area (Å²) in [6.45, 7) is 0. The highest BCUT2D eigenvalue weighted by atomic mass is 35.7. The molecule has 0 unspecified atom stereocenters. The number of hydrogen-bond acceptors (Lipinski definition) is 26. The van der Waals surface area contributed by atoms with Crippen molar-refractivity contribution in [3.63, 3.8) is 0 Å². The van der Waals surface area contributed by atoms with Crippen LogP contribution in [0.15, 0.2) is 125 Å². The lowest BCUT2D eigenvalue weighted by atomic mass is 10.2. The van der Waals surface area contributed by atoms with Gasteiger partial charge in [-0.3, -0.25) is 54.2 Å². The number of sulfonamides is 5. The van der Waals surface area contributed by atoms with Crippen LogP contribution in [0.3, 0.4) is 0 Å². The van der Waals surface area contributed by atoms with Crippen LogP contribution in [0.5, 0.6) is 11.5 Å². The number of halogens is 11. The van der Waals surface area contributed by atoms with E-state index in [9.17, 15) is 137 Å². The molecule has 104 heavy (non-hydrogen) atoms. The Morgan fingerprint density at radius 1 is 0.462 bits per heavy atom. The molecule has 568 valence electrons. The number of carboxylic acids is 1. The number of carbonyl (C=O) groups is 5. The number of nitrogens with one attached hydrogen (secondary N) is 4. The number of phenolic OH excluding ortho intramolecular Hbond substituents is 2. The van der Waals surface area contributed by atoms with E-state index < -0.39 is 176 Å². The minimum absolute atomic E-state index is 0. The predicted molar refractivity (Wildman–Crippen MR) is 363 cm³/mol. The maximum atomic E-state index is 14.0. The Balaban J connectivity index is 0.00000123. The quantitative estimate of drug-likeness (QED) is 0.0162. The van der Waals surface area contributed by atoms with Gasteiger partial charge in [-0.25, -0.2) is 83.4 Å². The zero-order valence-electron chi connectivity index (χ0n) is 51.3. The molecule has 0 bridgehead atoms. The molecule has 13 N–H and O–H groups in total. The number of anilines is 2. The van der Waals surface area contributed by atoms with Crippen LogP contribution < -0.4 is 29.8 Å². The zero-order valence-corrected chi connectivity index (χ0v) is 60.7. The smallest absolute Gasteiger partial charge is 0.335 e. The Morgan fingerprint density at radius 3 is 1.08 bits per heavy atom. The molecule has 7 aromatic carbocycles. The summed E-state index contributed by atoms with van der Waals surface area (Å²) in [6.07, 6.45) is 3.28. The van der Waals surface area contributed by atoms with Gasteiger partial charge in [0.2, 0.25) is 57.5 Å². The summed E-state index contributed by atoms with van der Waals surface area (Å²) >= 11 is 27.4. The number of nitrogen functional groups attached to an aromatic ring is 1. The number of phenols is 2. The third-order valence-electron chi connectivity index (χ3n) is 10.3. The number of nitrogens with two attached hydrogens (primary N) is 2. The van der Waals surface area contributed by atoms with Gasteiger partial charge < -0.3 is 26.5 Å². The summed E-state index contributed by atoms with van der Waals surface area (Å²) < 4.78 is 202. The fourth-order valence-corrected chi connectivity index (χ4v) is 11.0. The first-order valence-electron chi connectivity index (χ1n) is 25.1. The molecule has 0 heterocycles. The number of aromatic carboxylic acids is 1. The van der Waals surface area contributed by atoms with Crippen LogP contribution in [0, 0.1) is 59.4 Å². The zero-order chi connectivity index (χ0) is 80.2. The fraction of sp³-hybridized carbons (Fsp3) is 0.0784. The van der Waals surface area contributed by atoms with Crippen LogP contribution in [0.4, 0.5) is 50.4 Å². The maximum Gasteiger partial charge on any atom is 0.335 e. The Bertz CT molecular complexity index is 5160. The van der Waals surface area contributed by atoms with E-state index in [1.165, 1.54) is 6.07 Å². The van der Waals surface area contributed by atoms with E-state index >= 15 is 0 Å². The first-order valence-corrected chi connectivity index (χ1v) is 38.4. The molecule has 3 amide bonds. The monoisotopic (exact) mass is 1710 g/mol. The molecule has 36 nitrogen and oxygen atoms in total. The number of aromatic hydroxyl groups is 2. The van der Waals surface area contributed by atoms with Gasteiger partial charge in [0.05, 0.1) is 66.8 Å². The van der Waals surface area contributed by atoms with E-state index in [0.29, 0.717) is 12.1 Å². The number of hydrogen-bond donors (Lipinski definition) is 9. The van der Waals surface area contributed by atoms with Gasteiger partial charge in [0.15, 0.2) is 11.5 Å². The largest absolute Gasteiger partial charge is 0.505 e. The molecular weight excluding hydrogens is 1670 g/mol. The van der Waals surface area contributed by atoms with Crippen molar-refractivity contribution in [2.75, 3.05) is 35.5 Å². The number of nitro groups is 3. The van der Waals surface area contributed by atoms with E-state index in [1.54, 1.807) is 14.2 Å². The molecule has 0 aliphatic rings. The summed E-state index contributed by atoms with van der Waals surface area (Å²) in [7, 11) is -18.0. The van der Waals surface area contributed by atoms with Gasteiger partial charge in [-0.2, -0.15) is 13.2 Å². The van der Waals surface area contributed by atoms with E-state index in [0.717, 1.165) is 122 Å². The molecule has 0 atom stereocenters. The number of carbonyl (C=O) groups excluding carboxylic acids is 4. The number of carboxylic acid groups (broad SMARTS) is 1. The van der Waals surface area contributed by atoms with E-state index in [-0.39, 0.29) is 59.1 Å². The molecule has 0 spiro atoms. The number of benzene rings is 7.